The van der Waals surface area contributed by atoms with E-state index in [0.717, 1.165) is 114 Å². The van der Waals surface area contributed by atoms with Crippen LogP contribution in [0.1, 0.15) is 364 Å². The molecular weight excluding hydrogens is 1210 g/mol. The topological polar surface area (TPSA) is 237 Å². The minimum atomic E-state index is -4.95. The van der Waals surface area contributed by atoms with Gasteiger partial charge in [-0.15, -0.1) is 0 Å². The zero-order valence-corrected chi connectivity index (χ0v) is 62.0. The van der Waals surface area contributed by atoms with Crippen molar-refractivity contribution in [3.8, 4) is 0 Å². The van der Waals surface area contributed by atoms with Gasteiger partial charge in [-0.05, 0) is 49.4 Å². The number of unbranched alkanes of at least 4 members (excludes halogenated alkanes) is 33. The predicted molar refractivity (Wildman–Crippen MR) is 372 cm³/mol. The first-order valence-electron chi connectivity index (χ1n) is 37.8. The van der Waals surface area contributed by atoms with Crippen LogP contribution in [-0.2, 0) is 65.4 Å². The van der Waals surface area contributed by atoms with E-state index in [0.29, 0.717) is 31.6 Å². The Kier molecular flexibility index (Phi) is 61.3. The number of rotatable bonds is 70. The Hall–Kier alpha value is -1.94. The molecule has 0 saturated heterocycles. The fourth-order valence-electron chi connectivity index (χ4n) is 10.9. The minimum absolute atomic E-state index is 0.102. The highest BCUT2D eigenvalue weighted by Gasteiger charge is 2.30. The van der Waals surface area contributed by atoms with E-state index in [1.165, 1.54) is 161 Å². The van der Waals surface area contributed by atoms with Crippen LogP contribution < -0.4 is 0 Å². The number of esters is 4. The maximum absolute atomic E-state index is 13.0. The lowest BCUT2D eigenvalue weighted by Gasteiger charge is -2.21. The molecule has 0 radical (unpaired) electrons. The number of hydrogen-bond acceptors (Lipinski definition) is 15. The van der Waals surface area contributed by atoms with Crippen LogP contribution in [0.5, 0.6) is 0 Å². The van der Waals surface area contributed by atoms with Crippen LogP contribution >= 0.6 is 15.6 Å². The lowest BCUT2D eigenvalue weighted by molar-refractivity contribution is -0.161. The first-order valence-corrected chi connectivity index (χ1v) is 40.8. The van der Waals surface area contributed by atoms with Crippen molar-refractivity contribution in [1.82, 2.24) is 0 Å². The van der Waals surface area contributed by atoms with E-state index in [1.807, 2.05) is 0 Å². The van der Waals surface area contributed by atoms with Gasteiger partial charge in [0.1, 0.15) is 19.3 Å². The molecule has 0 aromatic rings. The van der Waals surface area contributed by atoms with Gasteiger partial charge in [-0.2, -0.15) is 0 Å². The summed E-state index contributed by atoms with van der Waals surface area (Å²) in [6, 6.07) is 0. The summed E-state index contributed by atoms with van der Waals surface area (Å²) >= 11 is 0. The smallest absolute Gasteiger partial charge is 0.462 e. The summed E-state index contributed by atoms with van der Waals surface area (Å²) < 4.78 is 68.3. The van der Waals surface area contributed by atoms with Gasteiger partial charge in [-0.3, -0.25) is 37.3 Å². The fraction of sp³-hybridized carbons (Fsp3) is 0.945. The van der Waals surface area contributed by atoms with Crippen LogP contribution in [0.3, 0.4) is 0 Å². The molecule has 8 atom stereocenters. The maximum Gasteiger partial charge on any atom is 0.472 e. The molecule has 0 spiro atoms. The first-order chi connectivity index (χ1) is 44.2. The van der Waals surface area contributed by atoms with Crippen LogP contribution in [0, 0.1) is 23.7 Å². The number of phosphoric ester groups is 2. The molecule has 0 aliphatic carbocycles. The van der Waals surface area contributed by atoms with Gasteiger partial charge in [0.05, 0.1) is 26.4 Å². The molecular formula is C73H142O17P2. The van der Waals surface area contributed by atoms with Gasteiger partial charge in [0, 0.05) is 25.7 Å². The highest BCUT2D eigenvalue weighted by molar-refractivity contribution is 7.47. The van der Waals surface area contributed by atoms with Gasteiger partial charge in [0.15, 0.2) is 12.2 Å². The van der Waals surface area contributed by atoms with Gasteiger partial charge in [-0.1, -0.05) is 312 Å². The quantitative estimate of drug-likeness (QED) is 0.0222. The Morgan fingerprint density at radius 1 is 0.304 bits per heavy atom. The van der Waals surface area contributed by atoms with Crippen molar-refractivity contribution in [2.24, 2.45) is 23.7 Å². The highest BCUT2D eigenvalue weighted by Crippen LogP contribution is 2.45. The number of carbonyl (C=O) groups is 4. The van der Waals surface area contributed by atoms with Gasteiger partial charge in [-0.25, -0.2) is 9.13 Å². The van der Waals surface area contributed by atoms with Gasteiger partial charge in [0.25, 0.3) is 0 Å². The van der Waals surface area contributed by atoms with Crippen LogP contribution in [-0.4, -0.2) is 96.7 Å². The summed E-state index contributed by atoms with van der Waals surface area (Å²) in [5.41, 5.74) is 0. The molecule has 3 N–H and O–H groups in total. The van der Waals surface area contributed by atoms with E-state index in [9.17, 15) is 43.2 Å². The molecule has 0 aromatic heterocycles. The molecule has 0 aliphatic heterocycles. The van der Waals surface area contributed by atoms with E-state index in [4.69, 9.17) is 37.0 Å². The third-order valence-corrected chi connectivity index (χ3v) is 19.8. The van der Waals surface area contributed by atoms with E-state index < -0.39 is 97.5 Å². The van der Waals surface area contributed by atoms with Crippen molar-refractivity contribution in [3.63, 3.8) is 0 Å². The molecule has 0 heterocycles. The van der Waals surface area contributed by atoms with Gasteiger partial charge in [0.2, 0.25) is 0 Å². The monoisotopic (exact) mass is 1350 g/mol. The van der Waals surface area contributed by atoms with Crippen LogP contribution in [0.4, 0.5) is 0 Å². The highest BCUT2D eigenvalue weighted by atomic mass is 31.2. The molecule has 0 rings (SSSR count). The first kappa shape index (κ1) is 90.1. The molecule has 0 saturated carbocycles. The van der Waals surface area contributed by atoms with Gasteiger partial charge < -0.3 is 33.8 Å². The average Bonchev–Trinajstić information content (AvgIpc) is 1.81. The molecule has 0 aliphatic rings. The van der Waals surface area contributed by atoms with Crippen molar-refractivity contribution in [3.05, 3.63) is 0 Å². The SMILES string of the molecule is CCC(C)CCCCCCCCCCCCCCCCCCCCC(=O)OC[C@H](COP(=O)(O)OC[C@@H](O)COP(=O)(O)OC[C@@H](COC(=O)CCCCCCCCC(C)CC)OC(=O)CCCCCCCCC(C)CC)OC(=O)CCCCCCCCCC(C)C. The Labute approximate surface area is 562 Å². The summed E-state index contributed by atoms with van der Waals surface area (Å²) in [5.74, 6) is 0.887. The largest absolute Gasteiger partial charge is 0.472 e. The third-order valence-electron chi connectivity index (χ3n) is 17.9. The molecule has 0 amide bonds. The number of phosphoric acid groups is 2. The van der Waals surface area contributed by atoms with Crippen molar-refractivity contribution in [1.29, 1.82) is 0 Å². The Bertz CT molecular complexity index is 1820. The maximum atomic E-state index is 13.0. The summed E-state index contributed by atoms with van der Waals surface area (Å²) in [5, 5.41) is 10.6. The summed E-state index contributed by atoms with van der Waals surface area (Å²) in [4.78, 5) is 72.5. The molecule has 19 heteroatoms. The van der Waals surface area contributed by atoms with Gasteiger partial charge >= 0.3 is 39.5 Å². The number of ether oxygens (including phenoxy) is 4. The molecule has 546 valence electrons. The molecule has 17 nitrogen and oxygen atoms in total. The lowest BCUT2D eigenvalue weighted by Crippen LogP contribution is -2.30. The fourth-order valence-corrected chi connectivity index (χ4v) is 12.5. The van der Waals surface area contributed by atoms with Crippen molar-refractivity contribution < 1.29 is 80.2 Å². The predicted octanol–water partition coefficient (Wildman–Crippen LogP) is 20.9. The number of aliphatic hydroxyl groups excluding tert-OH is 1. The van der Waals surface area contributed by atoms with Crippen LogP contribution in [0.2, 0.25) is 0 Å². The van der Waals surface area contributed by atoms with E-state index in [-0.39, 0.29) is 25.7 Å². The van der Waals surface area contributed by atoms with E-state index >= 15 is 0 Å². The molecule has 5 unspecified atom stereocenters. The van der Waals surface area contributed by atoms with Crippen molar-refractivity contribution in [2.75, 3.05) is 39.6 Å². The molecule has 0 aromatic carbocycles. The second-order valence-corrected chi connectivity index (χ2v) is 30.4. The Morgan fingerprint density at radius 3 is 0.772 bits per heavy atom. The standard InChI is InChI=1S/C73H142O17P2/c1-9-64(6)50-42-34-26-22-20-18-16-14-12-13-15-17-19-21-23-27-37-45-53-70(75)83-59-68(89-72(77)55-47-39-28-24-25-33-41-49-63(4)5)61-87-91(79,80)85-57-67(74)58-86-92(81,82)88-62-69(90-73(78)56-48-40-32-30-36-44-52-66(8)11-3)60-84-71(76)54-46-38-31-29-35-43-51-65(7)10-2/h63-69,74H,9-62H2,1-8H3,(H,79,80)(H,81,82)/t64?,65?,66?,67-,68-,69-/m1/s1. The normalized spacial score (nSPS) is 15.1. The molecule has 0 fully saturated rings. The summed E-state index contributed by atoms with van der Waals surface area (Å²) in [6.07, 6.45) is 46.2. The van der Waals surface area contributed by atoms with E-state index in [2.05, 4.69) is 55.4 Å². The molecule has 92 heavy (non-hydrogen) atoms. The van der Waals surface area contributed by atoms with Crippen molar-refractivity contribution in [2.45, 2.75) is 382 Å². The third kappa shape index (κ3) is 62.8. The lowest BCUT2D eigenvalue weighted by atomic mass is 9.99. The Morgan fingerprint density at radius 2 is 0.522 bits per heavy atom. The van der Waals surface area contributed by atoms with Crippen LogP contribution in [0.15, 0.2) is 0 Å². The number of aliphatic hydroxyl groups is 1. The number of carbonyl (C=O) groups excluding carboxylic acids is 4. The zero-order valence-electron chi connectivity index (χ0n) is 60.2. The summed E-state index contributed by atoms with van der Waals surface area (Å²) in [7, 11) is -9.90. The second kappa shape index (κ2) is 62.6. The summed E-state index contributed by atoms with van der Waals surface area (Å²) in [6.45, 7) is 14.1. The van der Waals surface area contributed by atoms with E-state index in [1.54, 1.807) is 0 Å². The number of hydrogen-bond donors (Lipinski definition) is 3. The molecule has 0 bridgehead atoms. The average molecular weight is 1350 g/mol. The van der Waals surface area contributed by atoms with Crippen molar-refractivity contribution >= 4 is 39.5 Å². The zero-order chi connectivity index (χ0) is 68.2. The van der Waals surface area contributed by atoms with Crippen LogP contribution in [0.25, 0.3) is 0 Å². The Balaban J connectivity index is 5.11. The minimum Gasteiger partial charge on any atom is -0.462 e. The second-order valence-electron chi connectivity index (χ2n) is 27.5.